The van der Waals surface area contributed by atoms with Crippen LogP contribution < -0.4 is 11.1 Å². The Balaban J connectivity index is 2.03. The largest absolute Gasteiger partial charge is 0.397 e. The van der Waals surface area contributed by atoms with Crippen molar-refractivity contribution in [2.24, 2.45) is 0 Å². The third kappa shape index (κ3) is 2.89. The van der Waals surface area contributed by atoms with Crippen molar-refractivity contribution in [3.8, 4) is 0 Å². The number of H-pyrrole nitrogens is 1. The highest BCUT2D eigenvalue weighted by Crippen LogP contribution is 2.17. The van der Waals surface area contributed by atoms with E-state index >= 15 is 0 Å². The zero-order chi connectivity index (χ0) is 13.1. The van der Waals surface area contributed by atoms with Gasteiger partial charge in [0.2, 0.25) is 0 Å². The van der Waals surface area contributed by atoms with Gasteiger partial charge in [-0.1, -0.05) is 15.9 Å². The Hall–Kier alpha value is -1.82. The molecular weight excluding hydrogens is 301 g/mol. The van der Waals surface area contributed by atoms with Crippen LogP contribution in [0.2, 0.25) is 0 Å². The average Bonchev–Trinajstić information content (AvgIpc) is 2.77. The fraction of sp³-hybridized carbons (Fsp3) is 0.0833. The monoisotopic (exact) mass is 311 g/mol. The van der Waals surface area contributed by atoms with Gasteiger partial charge in [-0.15, -0.1) is 0 Å². The van der Waals surface area contributed by atoms with Crippen molar-refractivity contribution in [3.63, 3.8) is 0 Å². The molecule has 4 nitrogen and oxygen atoms in total. The molecule has 0 bridgehead atoms. The second kappa shape index (κ2) is 5.22. The van der Waals surface area contributed by atoms with Crippen LogP contribution in [-0.2, 0) is 6.54 Å². The summed E-state index contributed by atoms with van der Waals surface area (Å²) in [5, 5.41) is 2.67. The van der Waals surface area contributed by atoms with Crippen LogP contribution in [0.1, 0.15) is 16.1 Å². The van der Waals surface area contributed by atoms with E-state index in [2.05, 4.69) is 26.2 Å². The first-order valence-corrected chi connectivity index (χ1v) is 6.01. The summed E-state index contributed by atoms with van der Waals surface area (Å²) in [7, 11) is 0. The third-order valence-electron chi connectivity index (χ3n) is 2.40. The highest BCUT2D eigenvalue weighted by Gasteiger charge is 2.08. The van der Waals surface area contributed by atoms with E-state index in [9.17, 15) is 9.18 Å². The van der Waals surface area contributed by atoms with Gasteiger partial charge < -0.3 is 16.0 Å². The molecule has 1 aromatic heterocycles. The predicted molar refractivity (Wildman–Crippen MR) is 70.5 cm³/mol. The number of nitrogen functional groups attached to an aromatic ring is 1. The van der Waals surface area contributed by atoms with E-state index in [0.717, 1.165) is 4.47 Å². The first-order valence-electron chi connectivity index (χ1n) is 5.22. The Bertz CT molecular complexity index is 582. The Morgan fingerprint density at radius 3 is 2.89 bits per heavy atom. The summed E-state index contributed by atoms with van der Waals surface area (Å²) < 4.78 is 13.8. The SMILES string of the molecule is Nc1c[nH]c(C(=O)NCc2cc(F)ccc2Br)c1. The van der Waals surface area contributed by atoms with Gasteiger partial charge >= 0.3 is 0 Å². The maximum atomic E-state index is 13.0. The number of benzene rings is 1. The number of anilines is 1. The highest BCUT2D eigenvalue weighted by atomic mass is 79.9. The first-order chi connectivity index (χ1) is 8.56. The first kappa shape index (κ1) is 12.6. The van der Waals surface area contributed by atoms with E-state index in [1.54, 1.807) is 6.07 Å². The van der Waals surface area contributed by atoms with Crippen molar-refractivity contribution in [1.82, 2.24) is 10.3 Å². The van der Waals surface area contributed by atoms with Gasteiger partial charge in [0.05, 0.1) is 0 Å². The lowest BCUT2D eigenvalue weighted by molar-refractivity contribution is 0.0946. The molecule has 0 saturated carbocycles. The molecule has 1 heterocycles. The summed E-state index contributed by atoms with van der Waals surface area (Å²) in [4.78, 5) is 14.5. The molecule has 0 radical (unpaired) electrons. The second-order valence-corrected chi connectivity index (χ2v) is 4.62. The smallest absolute Gasteiger partial charge is 0.268 e. The number of nitrogens with one attached hydrogen (secondary N) is 2. The molecule has 18 heavy (non-hydrogen) atoms. The molecule has 2 aromatic rings. The number of carbonyl (C=O) groups excluding carboxylic acids is 1. The molecule has 0 aliphatic heterocycles. The number of nitrogens with two attached hydrogens (primary N) is 1. The molecule has 1 amide bonds. The van der Waals surface area contributed by atoms with E-state index in [4.69, 9.17) is 5.73 Å². The van der Waals surface area contributed by atoms with Gasteiger partial charge in [0, 0.05) is 22.9 Å². The minimum atomic E-state index is -0.341. The Morgan fingerprint density at radius 2 is 2.22 bits per heavy atom. The standard InChI is InChI=1S/C12H11BrFN3O/c13-10-2-1-8(14)3-7(10)5-17-12(18)11-4-9(15)6-16-11/h1-4,6,16H,5,15H2,(H,17,18). The lowest BCUT2D eigenvalue weighted by Gasteiger charge is -2.06. The summed E-state index contributed by atoms with van der Waals surface area (Å²) in [5.41, 5.74) is 7.04. The van der Waals surface area contributed by atoms with E-state index in [-0.39, 0.29) is 18.3 Å². The quantitative estimate of drug-likeness (QED) is 0.814. The van der Waals surface area contributed by atoms with Crippen LogP contribution in [0, 0.1) is 5.82 Å². The fourth-order valence-electron chi connectivity index (χ4n) is 1.49. The van der Waals surface area contributed by atoms with Gasteiger partial charge in [0.25, 0.3) is 5.91 Å². The minimum Gasteiger partial charge on any atom is -0.397 e. The van der Waals surface area contributed by atoms with Gasteiger partial charge in [-0.3, -0.25) is 4.79 Å². The molecule has 0 unspecified atom stereocenters. The molecule has 0 fully saturated rings. The number of aromatic nitrogens is 1. The third-order valence-corrected chi connectivity index (χ3v) is 3.17. The van der Waals surface area contributed by atoms with E-state index in [1.807, 2.05) is 0 Å². The number of halogens is 2. The van der Waals surface area contributed by atoms with Crippen molar-refractivity contribution >= 4 is 27.5 Å². The molecule has 0 spiro atoms. The van der Waals surface area contributed by atoms with Crippen molar-refractivity contribution in [2.75, 3.05) is 5.73 Å². The topological polar surface area (TPSA) is 70.9 Å². The average molecular weight is 312 g/mol. The van der Waals surface area contributed by atoms with E-state index in [1.165, 1.54) is 24.4 Å². The summed E-state index contributed by atoms with van der Waals surface area (Å²) in [6.45, 7) is 0.232. The van der Waals surface area contributed by atoms with Crippen molar-refractivity contribution < 1.29 is 9.18 Å². The van der Waals surface area contributed by atoms with Gasteiger partial charge in [-0.2, -0.15) is 0 Å². The molecule has 4 N–H and O–H groups in total. The number of amides is 1. The number of hydrogen-bond acceptors (Lipinski definition) is 2. The van der Waals surface area contributed by atoms with Crippen molar-refractivity contribution in [3.05, 3.63) is 52.0 Å². The van der Waals surface area contributed by atoms with Gasteiger partial charge in [0.15, 0.2) is 0 Å². The zero-order valence-electron chi connectivity index (χ0n) is 9.34. The summed E-state index contributed by atoms with van der Waals surface area (Å²) in [6.07, 6.45) is 1.53. The van der Waals surface area contributed by atoms with Gasteiger partial charge in [-0.05, 0) is 29.8 Å². The lowest BCUT2D eigenvalue weighted by atomic mass is 10.2. The lowest BCUT2D eigenvalue weighted by Crippen LogP contribution is -2.23. The Morgan fingerprint density at radius 1 is 1.44 bits per heavy atom. The van der Waals surface area contributed by atoms with Crippen LogP contribution in [0.15, 0.2) is 34.9 Å². The molecule has 0 atom stereocenters. The number of rotatable bonds is 3. The van der Waals surface area contributed by atoms with Crippen LogP contribution in [0.25, 0.3) is 0 Å². The minimum absolute atomic E-state index is 0.232. The van der Waals surface area contributed by atoms with Crippen LogP contribution in [0.4, 0.5) is 10.1 Å². The fourth-order valence-corrected chi connectivity index (χ4v) is 1.88. The molecule has 0 aliphatic carbocycles. The van der Waals surface area contributed by atoms with Gasteiger partial charge in [0.1, 0.15) is 11.5 Å². The molecule has 2 rings (SSSR count). The molecular formula is C12H11BrFN3O. The zero-order valence-corrected chi connectivity index (χ0v) is 10.9. The van der Waals surface area contributed by atoms with Gasteiger partial charge in [-0.25, -0.2) is 4.39 Å². The molecule has 1 aromatic carbocycles. The summed E-state index contributed by atoms with van der Waals surface area (Å²) >= 11 is 3.30. The molecule has 94 valence electrons. The maximum absolute atomic E-state index is 13.0. The summed E-state index contributed by atoms with van der Waals surface area (Å²) in [5.74, 6) is -0.630. The number of hydrogen-bond donors (Lipinski definition) is 3. The summed E-state index contributed by atoms with van der Waals surface area (Å²) in [6, 6.07) is 5.86. The van der Waals surface area contributed by atoms with Crippen LogP contribution in [0.5, 0.6) is 0 Å². The van der Waals surface area contributed by atoms with E-state index in [0.29, 0.717) is 16.9 Å². The van der Waals surface area contributed by atoms with Crippen LogP contribution in [0.3, 0.4) is 0 Å². The highest BCUT2D eigenvalue weighted by molar-refractivity contribution is 9.10. The van der Waals surface area contributed by atoms with Crippen LogP contribution >= 0.6 is 15.9 Å². The number of carbonyl (C=O) groups is 1. The Labute approximate surface area is 112 Å². The number of aromatic amines is 1. The Kier molecular flexibility index (Phi) is 3.66. The molecule has 6 heteroatoms. The maximum Gasteiger partial charge on any atom is 0.268 e. The van der Waals surface area contributed by atoms with Crippen LogP contribution in [-0.4, -0.2) is 10.9 Å². The predicted octanol–water partition coefficient (Wildman–Crippen LogP) is 2.43. The van der Waals surface area contributed by atoms with Crippen molar-refractivity contribution in [2.45, 2.75) is 6.54 Å². The molecule has 0 aliphatic rings. The normalized spacial score (nSPS) is 10.3. The second-order valence-electron chi connectivity index (χ2n) is 3.77. The van der Waals surface area contributed by atoms with E-state index < -0.39 is 0 Å². The molecule has 0 saturated heterocycles. The van der Waals surface area contributed by atoms with Crippen molar-refractivity contribution in [1.29, 1.82) is 0 Å².